The molecule has 0 aliphatic heterocycles. The first-order valence-electron chi connectivity index (χ1n) is 8.03. The minimum Gasteiger partial charge on any atom is -0.389 e. The van der Waals surface area contributed by atoms with E-state index in [1.54, 1.807) is 5.57 Å². The Balaban J connectivity index is 1.46. The molecule has 0 heterocycles. The van der Waals surface area contributed by atoms with Crippen molar-refractivity contribution in [2.45, 2.75) is 70.0 Å². The topological polar surface area (TPSA) is 41.5 Å². The highest BCUT2D eigenvalue weighted by Crippen LogP contribution is 2.21. The van der Waals surface area contributed by atoms with E-state index >= 15 is 0 Å². The van der Waals surface area contributed by atoms with E-state index in [2.05, 4.69) is 11.4 Å². The monoisotopic (exact) mass is 267 g/mol. The molecule has 0 aromatic heterocycles. The third kappa shape index (κ3) is 6.07. The first-order chi connectivity index (χ1) is 9.34. The number of hydrogen-bond donors (Lipinski definition) is 2. The van der Waals surface area contributed by atoms with Crippen molar-refractivity contribution >= 4 is 0 Å². The number of aliphatic hydroxyl groups is 1. The van der Waals surface area contributed by atoms with Gasteiger partial charge in [0.05, 0.1) is 18.8 Å². The molecule has 0 bridgehead atoms. The molecule has 19 heavy (non-hydrogen) atoms. The van der Waals surface area contributed by atoms with Crippen LogP contribution in [0.5, 0.6) is 0 Å². The lowest BCUT2D eigenvalue weighted by molar-refractivity contribution is -0.00531. The predicted octanol–water partition coefficient (Wildman–Crippen LogP) is 2.79. The van der Waals surface area contributed by atoms with Crippen molar-refractivity contribution < 1.29 is 9.84 Å². The van der Waals surface area contributed by atoms with E-state index in [9.17, 15) is 5.11 Å². The van der Waals surface area contributed by atoms with Crippen molar-refractivity contribution in [1.29, 1.82) is 0 Å². The van der Waals surface area contributed by atoms with E-state index in [0.717, 1.165) is 13.0 Å². The number of nitrogens with one attached hydrogen (secondary N) is 1. The van der Waals surface area contributed by atoms with Crippen LogP contribution in [-0.4, -0.2) is 37.0 Å². The third-order valence-corrected chi connectivity index (χ3v) is 4.21. The first kappa shape index (κ1) is 15.0. The van der Waals surface area contributed by atoms with Crippen LogP contribution in [0, 0.1) is 0 Å². The Morgan fingerprint density at radius 3 is 2.84 bits per heavy atom. The summed E-state index contributed by atoms with van der Waals surface area (Å²) in [7, 11) is 0. The molecule has 1 saturated carbocycles. The van der Waals surface area contributed by atoms with E-state index in [1.165, 1.54) is 51.4 Å². The van der Waals surface area contributed by atoms with Crippen LogP contribution < -0.4 is 5.32 Å². The van der Waals surface area contributed by atoms with Gasteiger partial charge in [-0.15, -0.1) is 0 Å². The summed E-state index contributed by atoms with van der Waals surface area (Å²) in [6.45, 7) is 2.12. The van der Waals surface area contributed by atoms with Gasteiger partial charge in [0.2, 0.25) is 0 Å². The lowest BCUT2D eigenvalue weighted by Crippen LogP contribution is -2.32. The number of allylic oxidation sites excluding steroid dienone is 1. The minimum absolute atomic E-state index is 0.360. The summed E-state index contributed by atoms with van der Waals surface area (Å²) in [4.78, 5) is 0. The van der Waals surface area contributed by atoms with E-state index in [0.29, 0.717) is 19.3 Å². The van der Waals surface area contributed by atoms with E-state index < -0.39 is 0 Å². The molecule has 0 saturated heterocycles. The molecule has 2 N–H and O–H groups in total. The summed E-state index contributed by atoms with van der Waals surface area (Å²) >= 11 is 0. The fourth-order valence-electron chi connectivity index (χ4n) is 3.01. The van der Waals surface area contributed by atoms with Gasteiger partial charge >= 0.3 is 0 Å². The van der Waals surface area contributed by atoms with Crippen LogP contribution in [0.4, 0.5) is 0 Å². The second-order valence-electron chi connectivity index (χ2n) is 5.96. The van der Waals surface area contributed by atoms with Gasteiger partial charge in [-0.1, -0.05) is 24.5 Å². The summed E-state index contributed by atoms with van der Waals surface area (Å²) < 4.78 is 5.71. The van der Waals surface area contributed by atoms with Gasteiger partial charge in [0, 0.05) is 6.54 Å². The first-order valence-corrected chi connectivity index (χ1v) is 8.03. The van der Waals surface area contributed by atoms with E-state index in [1.807, 2.05) is 0 Å². The van der Waals surface area contributed by atoms with Gasteiger partial charge in [-0.2, -0.15) is 0 Å². The fraction of sp³-hybridized carbons (Fsp3) is 0.875. The molecule has 110 valence electrons. The Hall–Kier alpha value is -0.380. The number of rotatable bonds is 8. The van der Waals surface area contributed by atoms with Crippen LogP contribution >= 0.6 is 0 Å². The molecule has 0 radical (unpaired) electrons. The predicted molar refractivity (Wildman–Crippen MR) is 78.3 cm³/mol. The van der Waals surface area contributed by atoms with Crippen molar-refractivity contribution in [1.82, 2.24) is 5.32 Å². The number of ether oxygens (including phenoxy) is 1. The van der Waals surface area contributed by atoms with Crippen molar-refractivity contribution in [2.24, 2.45) is 0 Å². The third-order valence-electron chi connectivity index (χ3n) is 4.21. The van der Waals surface area contributed by atoms with Gasteiger partial charge in [-0.05, 0) is 51.5 Å². The average molecular weight is 267 g/mol. The molecule has 1 atom stereocenters. The Morgan fingerprint density at radius 2 is 2.11 bits per heavy atom. The van der Waals surface area contributed by atoms with Gasteiger partial charge in [0.25, 0.3) is 0 Å². The highest BCUT2D eigenvalue weighted by Gasteiger charge is 2.16. The quantitative estimate of drug-likeness (QED) is 0.525. The zero-order valence-electron chi connectivity index (χ0n) is 12.1. The normalized spacial score (nSPS) is 22.5. The second-order valence-corrected chi connectivity index (χ2v) is 5.96. The van der Waals surface area contributed by atoms with Gasteiger partial charge in [-0.3, -0.25) is 0 Å². The van der Waals surface area contributed by atoms with Crippen LogP contribution in [0.3, 0.4) is 0 Å². The Morgan fingerprint density at radius 1 is 1.26 bits per heavy atom. The summed E-state index contributed by atoms with van der Waals surface area (Å²) in [5.41, 5.74) is 1.59. The molecular formula is C16H29NO2. The summed E-state index contributed by atoms with van der Waals surface area (Å²) in [6.07, 6.45) is 13.7. The standard InChI is InChI=1S/C16H29NO2/c18-15(13-19-16-8-4-5-9-16)12-17-11-10-14-6-2-1-3-7-14/h6,15-18H,1-5,7-13H2/t15-/m1/s1. The molecule has 0 amide bonds. The molecule has 0 aromatic carbocycles. The Kier molecular flexibility index (Phi) is 6.90. The number of hydrogen-bond acceptors (Lipinski definition) is 3. The summed E-state index contributed by atoms with van der Waals surface area (Å²) in [5.74, 6) is 0. The lowest BCUT2D eigenvalue weighted by Gasteiger charge is -2.17. The molecule has 2 aliphatic carbocycles. The molecule has 2 rings (SSSR count). The van der Waals surface area contributed by atoms with Crippen molar-refractivity contribution in [3.63, 3.8) is 0 Å². The molecule has 0 unspecified atom stereocenters. The second kappa shape index (κ2) is 8.72. The van der Waals surface area contributed by atoms with Crippen molar-refractivity contribution in [3.8, 4) is 0 Å². The van der Waals surface area contributed by atoms with Crippen LogP contribution in [0.1, 0.15) is 57.8 Å². The molecule has 3 heteroatoms. The van der Waals surface area contributed by atoms with Gasteiger partial charge in [-0.25, -0.2) is 0 Å². The van der Waals surface area contributed by atoms with Gasteiger partial charge in [0.15, 0.2) is 0 Å². The van der Waals surface area contributed by atoms with Crippen molar-refractivity contribution in [3.05, 3.63) is 11.6 Å². The van der Waals surface area contributed by atoms with Crippen molar-refractivity contribution in [2.75, 3.05) is 19.7 Å². The number of aliphatic hydroxyl groups excluding tert-OH is 1. The molecule has 0 spiro atoms. The molecule has 3 nitrogen and oxygen atoms in total. The highest BCUT2D eigenvalue weighted by atomic mass is 16.5. The van der Waals surface area contributed by atoms with Crippen LogP contribution in [0.25, 0.3) is 0 Å². The van der Waals surface area contributed by atoms with Gasteiger partial charge < -0.3 is 15.2 Å². The maximum atomic E-state index is 9.84. The smallest absolute Gasteiger partial charge is 0.0897 e. The van der Waals surface area contributed by atoms with Crippen LogP contribution in [-0.2, 0) is 4.74 Å². The molecule has 2 aliphatic rings. The maximum absolute atomic E-state index is 9.84. The Labute approximate surface area is 117 Å². The van der Waals surface area contributed by atoms with Gasteiger partial charge in [0.1, 0.15) is 0 Å². The highest BCUT2D eigenvalue weighted by molar-refractivity contribution is 5.05. The summed E-state index contributed by atoms with van der Waals surface area (Å²) in [6, 6.07) is 0. The maximum Gasteiger partial charge on any atom is 0.0897 e. The van der Waals surface area contributed by atoms with Crippen LogP contribution in [0.2, 0.25) is 0 Å². The largest absolute Gasteiger partial charge is 0.389 e. The van der Waals surface area contributed by atoms with E-state index in [-0.39, 0.29) is 6.10 Å². The van der Waals surface area contributed by atoms with Crippen LogP contribution in [0.15, 0.2) is 11.6 Å². The lowest BCUT2D eigenvalue weighted by atomic mass is 9.97. The SMILES string of the molecule is O[C@H](CNCCC1=CCCCC1)COC1CCCC1. The zero-order chi connectivity index (χ0) is 13.3. The molecule has 0 aromatic rings. The Bertz CT molecular complexity index is 272. The molecular weight excluding hydrogens is 238 g/mol. The molecule has 1 fully saturated rings. The minimum atomic E-state index is -0.360. The average Bonchev–Trinajstić information content (AvgIpc) is 2.96. The zero-order valence-corrected chi connectivity index (χ0v) is 12.1. The van der Waals surface area contributed by atoms with E-state index in [4.69, 9.17) is 4.74 Å². The summed E-state index contributed by atoms with van der Waals surface area (Å²) in [5, 5.41) is 13.2. The fourth-order valence-corrected chi connectivity index (χ4v) is 3.01.